The van der Waals surface area contributed by atoms with Gasteiger partial charge in [0, 0.05) is 71.9 Å². The molecular formula is C31H57N5O13. The maximum absolute atomic E-state index is 12.5. The molecule has 6 N–H and O–H groups in total. The van der Waals surface area contributed by atoms with Gasteiger partial charge in [-0.1, -0.05) is 13.8 Å². The SMILES string of the molecule is CC(C)C(O)CCOCCOCCOCCNC(=O)CCC(C(=O)O)N1CCN(CC(=O)O)CCN(CC(=O)O)CCN(CC(=O)O)CC1. The summed E-state index contributed by atoms with van der Waals surface area (Å²) in [5.74, 6) is -4.57. The number of carboxylic acids is 4. The van der Waals surface area contributed by atoms with Crippen LogP contribution in [0, 0.1) is 5.92 Å². The van der Waals surface area contributed by atoms with Crippen molar-refractivity contribution in [3.05, 3.63) is 0 Å². The first-order valence-electron chi connectivity index (χ1n) is 16.8. The van der Waals surface area contributed by atoms with Crippen LogP contribution in [0.25, 0.3) is 0 Å². The standard InChI is InChI=1S/C31H57N5O13/c1-24(2)26(37)5-15-47-17-19-49-20-18-48-16-6-32-27(38)4-3-25(31(45)46)36-13-11-34(22-29(41)42)9-7-33(21-28(39)40)8-10-35(12-14-36)23-30(43)44/h24-26,37H,3-23H2,1-2H3,(H,32,38)(H,39,40)(H,41,42)(H,43,44)(H,45,46). The van der Waals surface area contributed by atoms with Crippen LogP contribution < -0.4 is 5.32 Å². The van der Waals surface area contributed by atoms with E-state index in [1.807, 2.05) is 13.8 Å². The zero-order valence-corrected chi connectivity index (χ0v) is 28.9. The van der Waals surface area contributed by atoms with E-state index in [9.17, 15) is 49.5 Å². The number of carbonyl (C=O) groups is 5. The molecule has 0 aromatic heterocycles. The molecule has 0 spiro atoms. The normalized spacial score (nSPS) is 17.6. The number of amides is 1. The fourth-order valence-corrected chi connectivity index (χ4v) is 5.07. The molecule has 49 heavy (non-hydrogen) atoms. The third-order valence-electron chi connectivity index (χ3n) is 7.96. The van der Waals surface area contributed by atoms with Crippen LogP contribution in [0.5, 0.6) is 0 Å². The third-order valence-corrected chi connectivity index (χ3v) is 7.96. The lowest BCUT2D eigenvalue weighted by molar-refractivity contribution is -0.145. The maximum Gasteiger partial charge on any atom is 0.320 e. The van der Waals surface area contributed by atoms with Gasteiger partial charge in [-0.3, -0.25) is 43.6 Å². The fraction of sp³-hybridized carbons (Fsp3) is 0.839. The van der Waals surface area contributed by atoms with Crippen molar-refractivity contribution in [1.82, 2.24) is 24.9 Å². The number of hydrogen-bond donors (Lipinski definition) is 6. The molecule has 1 amide bonds. The van der Waals surface area contributed by atoms with Gasteiger partial charge in [0.2, 0.25) is 5.91 Å². The van der Waals surface area contributed by atoms with Gasteiger partial charge in [-0.25, -0.2) is 0 Å². The Morgan fingerprint density at radius 2 is 1.02 bits per heavy atom. The van der Waals surface area contributed by atoms with E-state index in [2.05, 4.69) is 5.32 Å². The van der Waals surface area contributed by atoms with Crippen molar-refractivity contribution in [2.24, 2.45) is 5.92 Å². The lowest BCUT2D eigenvalue weighted by Crippen LogP contribution is -2.52. The summed E-state index contributed by atoms with van der Waals surface area (Å²) in [6, 6.07) is -1.09. The second kappa shape index (κ2) is 25.9. The maximum atomic E-state index is 12.5. The number of nitrogens with one attached hydrogen (secondary N) is 1. The number of carboxylic acid groups (broad SMARTS) is 4. The van der Waals surface area contributed by atoms with Crippen molar-refractivity contribution >= 4 is 29.8 Å². The van der Waals surface area contributed by atoms with E-state index >= 15 is 0 Å². The monoisotopic (exact) mass is 707 g/mol. The molecule has 2 atom stereocenters. The fourth-order valence-electron chi connectivity index (χ4n) is 5.07. The Morgan fingerprint density at radius 3 is 1.43 bits per heavy atom. The van der Waals surface area contributed by atoms with E-state index in [0.717, 1.165) is 0 Å². The first-order chi connectivity index (χ1) is 23.3. The van der Waals surface area contributed by atoms with Crippen LogP contribution in [-0.4, -0.2) is 205 Å². The molecule has 1 aliphatic rings. The molecule has 1 aliphatic heterocycles. The minimum absolute atomic E-state index is 0.0292. The third kappa shape index (κ3) is 22.4. The predicted octanol–water partition coefficient (Wildman–Crippen LogP) is -1.73. The summed E-state index contributed by atoms with van der Waals surface area (Å²) in [5.41, 5.74) is 0. The molecule has 0 aromatic rings. The molecule has 0 aliphatic carbocycles. The van der Waals surface area contributed by atoms with Crippen molar-refractivity contribution in [3.63, 3.8) is 0 Å². The molecule has 0 radical (unpaired) electrons. The van der Waals surface area contributed by atoms with Crippen LogP contribution in [0.4, 0.5) is 0 Å². The quantitative estimate of drug-likeness (QED) is 0.0611. The Kier molecular flexibility index (Phi) is 23.3. The van der Waals surface area contributed by atoms with Gasteiger partial charge < -0.3 is 45.1 Å². The van der Waals surface area contributed by atoms with Crippen LogP contribution in [0.1, 0.15) is 33.1 Å². The van der Waals surface area contributed by atoms with E-state index < -0.39 is 29.9 Å². The summed E-state index contributed by atoms with van der Waals surface area (Å²) in [7, 11) is 0. The average Bonchev–Trinajstić information content (AvgIpc) is 3.01. The molecular weight excluding hydrogens is 650 g/mol. The summed E-state index contributed by atoms with van der Waals surface area (Å²) in [4.78, 5) is 65.7. The largest absolute Gasteiger partial charge is 0.480 e. The number of hydrogen-bond acceptors (Lipinski definition) is 13. The van der Waals surface area contributed by atoms with Gasteiger partial charge in [-0.15, -0.1) is 0 Å². The zero-order valence-electron chi connectivity index (χ0n) is 28.9. The number of aliphatic carboxylic acids is 4. The molecule has 1 saturated heterocycles. The van der Waals surface area contributed by atoms with Crippen LogP contribution in [0.15, 0.2) is 0 Å². The number of carbonyl (C=O) groups excluding carboxylic acids is 1. The molecule has 1 heterocycles. The molecule has 18 heteroatoms. The first-order valence-corrected chi connectivity index (χ1v) is 16.8. The second-order valence-corrected chi connectivity index (χ2v) is 12.2. The lowest BCUT2D eigenvalue weighted by atomic mass is 10.1. The van der Waals surface area contributed by atoms with E-state index in [4.69, 9.17) is 14.2 Å². The highest BCUT2D eigenvalue weighted by atomic mass is 16.5. The van der Waals surface area contributed by atoms with Crippen molar-refractivity contribution in [2.45, 2.75) is 45.3 Å². The van der Waals surface area contributed by atoms with Gasteiger partial charge in [0.1, 0.15) is 6.04 Å². The summed E-state index contributed by atoms with van der Waals surface area (Å²) >= 11 is 0. The van der Waals surface area contributed by atoms with Crippen LogP contribution in [-0.2, 0) is 38.2 Å². The summed E-state index contributed by atoms with van der Waals surface area (Å²) < 4.78 is 16.3. The smallest absolute Gasteiger partial charge is 0.320 e. The van der Waals surface area contributed by atoms with Gasteiger partial charge in [0.15, 0.2) is 0 Å². The summed E-state index contributed by atoms with van der Waals surface area (Å²) in [6.45, 7) is 6.76. The number of aliphatic hydroxyl groups excluding tert-OH is 1. The Bertz CT molecular complexity index is 958. The van der Waals surface area contributed by atoms with Gasteiger partial charge in [-0.2, -0.15) is 0 Å². The molecule has 1 fully saturated rings. The number of aliphatic hydroxyl groups is 1. The van der Waals surface area contributed by atoms with Crippen molar-refractivity contribution in [2.75, 3.05) is 118 Å². The number of nitrogens with zero attached hydrogens (tertiary/aromatic N) is 4. The van der Waals surface area contributed by atoms with Gasteiger partial charge in [0.05, 0.1) is 58.8 Å². The average molecular weight is 708 g/mol. The molecule has 0 aromatic carbocycles. The van der Waals surface area contributed by atoms with Crippen molar-refractivity contribution in [1.29, 1.82) is 0 Å². The van der Waals surface area contributed by atoms with Gasteiger partial charge >= 0.3 is 23.9 Å². The van der Waals surface area contributed by atoms with E-state index in [-0.39, 0.29) is 116 Å². The molecule has 0 bridgehead atoms. The predicted molar refractivity (Wildman–Crippen MR) is 175 cm³/mol. The molecule has 2 unspecified atom stereocenters. The van der Waals surface area contributed by atoms with Crippen molar-refractivity contribution < 1.29 is 63.7 Å². The highest BCUT2D eigenvalue weighted by Gasteiger charge is 2.28. The lowest BCUT2D eigenvalue weighted by Gasteiger charge is -2.35. The Morgan fingerprint density at radius 1 is 0.612 bits per heavy atom. The van der Waals surface area contributed by atoms with E-state index in [0.29, 0.717) is 39.5 Å². The zero-order chi connectivity index (χ0) is 36.6. The van der Waals surface area contributed by atoms with Crippen molar-refractivity contribution in [3.8, 4) is 0 Å². The molecule has 284 valence electrons. The highest BCUT2D eigenvalue weighted by molar-refractivity contribution is 5.78. The van der Waals surface area contributed by atoms with Crippen LogP contribution >= 0.6 is 0 Å². The molecule has 18 nitrogen and oxygen atoms in total. The van der Waals surface area contributed by atoms with Gasteiger partial charge in [0.25, 0.3) is 0 Å². The number of rotatable bonds is 24. The summed E-state index contributed by atoms with van der Waals surface area (Å²) in [6.07, 6.45) is 0.0615. The molecule has 0 saturated carbocycles. The van der Waals surface area contributed by atoms with E-state index in [1.54, 1.807) is 19.6 Å². The Balaban J connectivity index is 2.59. The van der Waals surface area contributed by atoms with Gasteiger partial charge in [-0.05, 0) is 18.8 Å². The first kappa shape index (κ1) is 44.1. The van der Waals surface area contributed by atoms with Crippen LogP contribution in [0.3, 0.4) is 0 Å². The van der Waals surface area contributed by atoms with Crippen LogP contribution in [0.2, 0.25) is 0 Å². The minimum Gasteiger partial charge on any atom is -0.480 e. The number of ether oxygens (including phenoxy) is 3. The minimum atomic E-state index is -1.16. The summed E-state index contributed by atoms with van der Waals surface area (Å²) in [5, 5.41) is 50.6. The Hall–Kier alpha value is -2.97. The Labute approximate surface area is 287 Å². The topological polar surface area (TPSA) is 239 Å². The molecule has 1 rings (SSSR count). The second-order valence-electron chi connectivity index (χ2n) is 12.2. The highest BCUT2D eigenvalue weighted by Crippen LogP contribution is 2.11. The van der Waals surface area contributed by atoms with E-state index in [1.165, 1.54) is 0 Å².